The Morgan fingerprint density at radius 2 is 1.90 bits per heavy atom. The summed E-state index contributed by atoms with van der Waals surface area (Å²) >= 11 is 0. The lowest BCUT2D eigenvalue weighted by Gasteiger charge is -2.24. The lowest BCUT2D eigenvalue weighted by Crippen LogP contribution is -2.14. The van der Waals surface area contributed by atoms with Gasteiger partial charge in [-0.05, 0) is 66.5 Å². The van der Waals surface area contributed by atoms with Crippen LogP contribution in [0.4, 0.5) is 0 Å². The number of fused-ring (bicyclic) bond motifs is 7. The summed E-state index contributed by atoms with van der Waals surface area (Å²) < 4.78 is 7.90. The zero-order chi connectivity index (χ0) is 21.2. The van der Waals surface area contributed by atoms with Crippen LogP contribution in [0.5, 0.6) is 5.75 Å². The number of rotatable bonds is 4. The number of carbonyl (C=O) groups is 2. The summed E-state index contributed by atoms with van der Waals surface area (Å²) in [6.45, 7) is 0.680. The second-order valence-corrected chi connectivity index (χ2v) is 9.64. The van der Waals surface area contributed by atoms with E-state index in [1.54, 1.807) is 7.11 Å². The number of ether oxygens (including phenoxy) is 1. The highest BCUT2D eigenvalue weighted by Crippen LogP contribution is 2.64. The van der Waals surface area contributed by atoms with E-state index in [0.717, 1.165) is 24.0 Å². The Hall–Kier alpha value is -2.88. The first-order chi connectivity index (χ1) is 15.2. The van der Waals surface area contributed by atoms with Gasteiger partial charge in [-0.15, -0.1) is 0 Å². The third kappa shape index (κ3) is 2.67. The second-order valence-electron chi connectivity index (χ2n) is 9.64. The van der Waals surface area contributed by atoms with Crippen LogP contribution in [0.3, 0.4) is 0 Å². The van der Waals surface area contributed by atoms with Gasteiger partial charge in [0.05, 0.1) is 18.2 Å². The SMILES string of the molecule is COc1ccc2c(c1)C1CC1(C=O)Cn1c-2c(C2CCCCC2)c2ccc(C=O)cc21. The highest BCUT2D eigenvalue weighted by atomic mass is 16.5. The molecule has 1 aliphatic heterocycles. The van der Waals surface area contributed by atoms with Crippen molar-refractivity contribution in [2.24, 2.45) is 5.41 Å². The molecule has 0 spiro atoms. The van der Waals surface area contributed by atoms with Crippen molar-refractivity contribution < 1.29 is 14.3 Å². The molecule has 3 aromatic rings. The van der Waals surface area contributed by atoms with Crippen molar-refractivity contribution in [3.05, 3.63) is 53.1 Å². The van der Waals surface area contributed by atoms with Gasteiger partial charge >= 0.3 is 0 Å². The molecule has 0 radical (unpaired) electrons. The van der Waals surface area contributed by atoms with E-state index in [0.29, 0.717) is 18.0 Å². The van der Waals surface area contributed by atoms with Gasteiger partial charge in [0.25, 0.3) is 0 Å². The first-order valence-electron chi connectivity index (χ1n) is 11.4. The summed E-state index contributed by atoms with van der Waals surface area (Å²) in [5.41, 5.74) is 6.57. The number of aromatic nitrogens is 1. The molecule has 1 aromatic heterocycles. The molecule has 2 unspecified atom stereocenters. The van der Waals surface area contributed by atoms with Crippen LogP contribution in [0.25, 0.3) is 22.2 Å². The standard InChI is InChI=1S/C27H27NO3/c1-31-19-8-10-20-22(12-19)23-13-27(23,16-30)15-28-24-11-17(14-29)7-9-21(24)25(26(20)28)18-5-3-2-4-6-18/h7-12,14,16,18,23H,2-6,13,15H2,1H3. The Bertz CT molecular complexity index is 1220. The van der Waals surface area contributed by atoms with Crippen molar-refractivity contribution >= 4 is 23.5 Å². The zero-order valence-corrected chi connectivity index (χ0v) is 17.9. The maximum atomic E-state index is 12.3. The maximum absolute atomic E-state index is 12.3. The number of benzene rings is 2. The van der Waals surface area contributed by atoms with Gasteiger partial charge in [0.15, 0.2) is 0 Å². The van der Waals surface area contributed by atoms with E-state index in [4.69, 9.17) is 4.74 Å². The van der Waals surface area contributed by atoms with E-state index in [2.05, 4.69) is 22.8 Å². The van der Waals surface area contributed by atoms with E-state index in [1.807, 2.05) is 18.2 Å². The van der Waals surface area contributed by atoms with Crippen molar-refractivity contribution in [3.8, 4) is 17.0 Å². The molecular weight excluding hydrogens is 386 g/mol. The smallest absolute Gasteiger partial charge is 0.150 e. The molecule has 2 atom stereocenters. The summed E-state index contributed by atoms with van der Waals surface area (Å²) in [4.78, 5) is 23.9. The van der Waals surface area contributed by atoms with Gasteiger partial charge in [-0.2, -0.15) is 0 Å². The molecule has 4 nitrogen and oxygen atoms in total. The normalized spacial score (nSPS) is 24.6. The van der Waals surface area contributed by atoms with Crippen LogP contribution >= 0.6 is 0 Å². The summed E-state index contributed by atoms with van der Waals surface area (Å²) in [7, 11) is 1.70. The molecule has 0 saturated heterocycles. The third-order valence-electron chi connectivity index (χ3n) is 7.97. The average Bonchev–Trinajstić information content (AvgIpc) is 3.48. The summed E-state index contributed by atoms with van der Waals surface area (Å²) in [6.07, 6.45) is 9.21. The number of nitrogens with zero attached hydrogens (tertiary/aromatic N) is 1. The topological polar surface area (TPSA) is 48.3 Å². The Morgan fingerprint density at radius 3 is 2.65 bits per heavy atom. The van der Waals surface area contributed by atoms with Gasteiger partial charge in [-0.1, -0.05) is 31.4 Å². The minimum absolute atomic E-state index is 0.235. The Balaban J connectivity index is 1.70. The zero-order valence-electron chi connectivity index (χ0n) is 17.9. The van der Waals surface area contributed by atoms with E-state index >= 15 is 0 Å². The molecule has 6 rings (SSSR count). The highest BCUT2D eigenvalue weighted by Gasteiger charge is 2.58. The van der Waals surface area contributed by atoms with Gasteiger partial charge in [-0.25, -0.2) is 0 Å². The summed E-state index contributed by atoms with van der Waals surface area (Å²) in [6, 6.07) is 12.4. The quantitative estimate of drug-likeness (QED) is 0.503. The molecule has 2 heterocycles. The fourth-order valence-corrected chi connectivity index (χ4v) is 6.27. The van der Waals surface area contributed by atoms with Gasteiger partial charge in [0, 0.05) is 28.6 Å². The van der Waals surface area contributed by atoms with Gasteiger partial charge in [0.2, 0.25) is 0 Å². The van der Waals surface area contributed by atoms with Gasteiger partial charge in [-0.3, -0.25) is 4.79 Å². The molecule has 0 bridgehead atoms. The lowest BCUT2D eigenvalue weighted by molar-refractivity contribution is -0.112. The second kappa shape index (κ2) is 6.81. The highest BCUT2D eigenvalue weighted by molar-refractivity contribution is 5.97. The first-order valence-corrected chi connectivity index (χ1v) is 11.4. The molecule has 2 aromatic carbocycles. The van der Waals surface area contributed by atoms with Crippen molar-refractivity contribution in [2.75, 3.05) is 7.11 Å². The predicted octanol–water partition coefficient (Wildman–Crippen LogP) is 5.86. The van der Waals surface area contributed by atoms with Gasteiger partial charge < -0.3 is 14.1 Å². The molecule has 2 aliphatic carbocycles. The van der Waals surface area contributed by atoms with E-state index in [-0.39, 0.29) is 11.3 Å². The first kappa shape index (κ1) is 18.9. The Kier molecular flexibility index (Phi) is 4.14. The van der Waals surface area contributed by atoms with E-state index in [9.17, 15) is 9.59 Å². The van der Waals surface area contributed by atoms with Crippen LogP contribution in [0, 0.1) is 5.41 Å². The maximum Gasteiger partial charge on any atom is 0.150 e. The molecule has 158 valence electrons. The summed E-state index contributed by atoms with van der Waals surface area (Å²) in [5, 5.41) is 1.24. The number of hydrogen-bond donors (Lipinski definition) is 0. The molecule has 0 N–H and O–H groups in total. The van der Waals surface area contributed by atoms with Crippen LogP contribution in [0.1, 0.15) is 71.8 Å². The predicted molar refractivity (Wildman–Crippen MR) is 121 cm³/mol. The lowest BCUT2D eigenvalue weighted by atomic mass is 9.81. The van der Waals surface area contributed by atoms with Crippen LogP contribution in [-0.2, 0) is 11.3 Å². The molecule has 2 fully saturated rings. The summed E-state index contributed by atoms with van der Waals surface area (Å²) in [5.74, 6) is 1.60. The van der Waals surface area contributed by atoms with Crippen molar-refractivity contribution in [1.29, 1.82) is 0 Å². The fraction of sp³-hybridized carbons (Fsp3) is 0.407. The van der Waals surface area contributed by atoms with Crippen molar-refractivity contribution in [1.82, 2.24) is 4.57 Å². The largest absolute Gasteiger partial charge is 0.497 e. The van der Waals surface area contributed by atoms with Crippen molar-refractivity contribution in [2.45, 2.75) is 56.9 Å². The van der Waals surface area contributed by atoms with Crippen LogP contribution in [-0.4, -0.2) is 24.2 Å². The Morgan fingerprint density at radius 1 is 1.06 bits per heavy atom. The molecule has 2 saturated carbocycles. The number of methoxy groups -OCH3 is 1. The monoisotopic (exact) mass is 413 g/mol. The van der Waals surface area contributed by atoms with Crippen LogP contribution in [0.2, 0.25) is 0 Å². The molecule has 3 aliphatic rings. The molecule has 0 amide bonds. The fourth-order valence-electron chi connectivity index (χ4n) is 6.27. The minimum atomic E-state index is -0.362. The third-order valence-corrected chi connectivity index (χ3v) is 7.97. The number of hydrogen-bond acceptors (Lipinski definition) is 3. The minimum Gasteiger partial charge on any atom is -0.497 e. The molecule has 4 heteroatoms. The van der Waals surface area contributed by atoms with E-state index < -0.39 is 0 Å². The van der Waals surface area contributed by atoms with Gasteiger partial charge in [0.1, 0.15) is 18.3 Å². The van der Waals surface area contributed by atoms with E-state index in [1.165, 1.54) is 66.2 Å². The number of aldehydes is 2. The Labute approximate surface area is 182 Å². The van der Waals surface area contributed by atoms with Crippen molar-refractivity contribution in [3.63, 3.8) is 0 Å². The molecule has 31 heavy (non-hydrogen) atoms. The van der Waals surface area contributed by atoms with Crippen LogP contribution < -0.4 is 4.74 Å². The number of carbonyl (C=O) groups excluding carboxylic acids is 2. The van der Waals surface area contributed by atoms with Crippen LogP contribution in [0.15, 0.2) is 36.4 Å². The molecular formula is C27H27NO3. The average molecular weight is 414 g/mol.